The molecule has 1 aromatic carbocycles. The molecule has 198 valence electrons. The fraction of sp³-hybridized carbons (Fsp3) is 0.345. The van der Waals surface area contributed by atoms with Crippen molar-refractivity contribution in [2.45, 2.75) is 65.5 Å². The van der Waals surface area contributed by atoms with Crippen LogP contribution in [0.5, 0.6) is 0 Å². The van der Waals surface area contributed by atoms with Crippen LogP contribution in [0.1, 0.15) is 57.1 Å². The molecule has 3 N–H and O–H groups in total. The van der Waals surface area contributed by atoms with E-state index < -0.39 is 5.91 Å². The summed E-state index contributed by atoms with van der Waals surface area (Å²) in [6, 6.07) is 11.3. The number of primary amides is 1. The number of fused-ring (bicyclic) bond motifs is 1. The van der Waals surface area contributed by atoms with Gasteiger partial charge in [-0.15, -0.1) is 0 Å². The van der Waals surface area contributed by atoms with E-state index in [0.29, 0.717) is 48.5 Å². The standard InChI is InChI=1S/C29H34N6O3/c1-3-5-16-34-27-24(28(37)35(29(34)38)17-6-4-2)32-26(33-27)22-12-9-20(10-13-22)18-23(25(30)36)14-11-21-8-7-15-31-19-21/h7-10,12-13,15,18-19H,3-6,11,14,16-17H2,1-2H3,(H2,30,36)(H,32,33)/b23-18+. The van der Waals surface area contributed by atoms with Crippen LogP contribution in [-0.2, 0) is 24.3 Å². The number of hydrogen-bond acceptors (Lipinski definition) is 5. The Bertz CT molecular complexity index is 1550. The molecule has 0 radical (unpaired) electrons. The molecule has 0 fully saturated rings. The van der Waals surface area contributed by atoms with Crippen LogP contribution in [0.15, 0.2) is 64.0 Å². The minimum Gasteiger partial charge on any atom is -0.366 e. The first-order chi connectivity index (χ1) is 18.4. The Morgan fingerprint density at radius 2 is 1.74 bits per heavy atom. The maximum atomic E-state index is 13.2. The molecule has 0 saturated heterocycles. The molecule has 4 rings (SSSR count). The minimum atomic E-state index is -0.459. The highest BCUT2D eigenvalue weighted by Gasteiger charge is 2.18. The van der Waals surface area contributed by atoms with Gasteiger partial charge in [-0.05, 0) is 49.0 Å². The zero-order valence-electron chi connectivity index (χ0n) is 21.9. The lowest BCUT2D eigenvalue weighted by Crippen LogP contribution is -2.40. The second kappa shape index (κ2) is 12.3. The fourth-order valence-corrected chi connectivity index (χ4v) is 4.36. The lowest BCUT2D eigenvalue weighted by molar-refractivity contribution is -0.114. The average Bonchev–Trinajstić information content (AvgIpc) is 3.37. The summed E-state index contributed by atoms with van der Waals surface area (Å²) in [6.45, 7) is 4.97. The number of benzene rings is 1. The van der Waals surface area contributed by atoms with Crippen LogP contribution in [0.3, 0.4) is 0 Å². The second-order valence-corrected chi connectivity index (χ2v) is 9.40. The first-order valence-corrected chi connectivity index (χ1v) is 13.2. The summed E-state index contributed by atoms with van der Waals surface area (Å²) in [7, 11) is 0. The van der Waals surface area contributed by atoms with Gasteiger partial charge in [0.2, 0.25) is 5.91 Å². The summed E-state index contributed by atoms with van der Waals surface area (Å²) in [6.07, 6.45) is 9.81. The van der Waals surface area contributed by atoms with Gasteiger partial charge in [0.25, 0.3) is 5.56 Å². The van der Waals surface area contributed by atoms with Crippen molar-refractivity contribution in [1.29, 1.82) is 0 Å². The highest BCUT2D eigenvalue weighted by molar-refractivity contribution is 5.96. The molecule has 0 saturated carbocycles. The predicted octanol–water partition coefficient (Wildman–Crippen LogP) is 4.05. The van der Waals surface area contributed by atoms with Crippen molar-refractivity contribution in [3.05, 3.63) is 86.3 Å². The largest absolute Gasteiger partial charge is 0.366 e. The summed E-state index contributed by atoms with van der Waals surface area (Å²) >= 11 is 0. The Kier molecular flexibility index (Phi) is 8.68. The number of rotatable bonds is 12. The number of H-pyrrole nitrogens is 1. The number of aryl methyl sites for hydroxylation is 2. The monoisotopic (exact) mass is 514 g/mol. The molecule has 3 heterocycles. The highest BCUT2D eigenvalue weighted by Crippen LogP contribution is 2.21. The topological polar surface area (TPSA) is 129 Å². The predicted molar refractivity (Wildman–Crippen MR) is 150 cm³/mol. The van der Waals surface area contributed by atoms with Crippen molar-refractivity contribution < 1.29 is 4.79 Å². The van der Waals surface area contributed by atoms with Crippen molar-refractivity contribution in [3.63, 3.8) is 0 Å². The number of hydrogen-bond donors (Lipinski definition) is 2. The van der Waals surface area contributed by atoms with Gasteiger partial charge in [0.05, 0.1) is 0 Å². The van der Waals surface area contributed by atoms with Gasteiger partial charge in [-0.1, -0.05) is 57.0 Å². The van der Waals surface area contributed by atoms with E-state index >= 15 is 0 Å². The number of nitrogens with one attached hydrogen (secondary N) is 1. The van der Waals surface area contributed by atoms with Gasteiger partial charge in [0.15, 0.2) is 5.65 Å². The molecule has 0 aliphatic carbocycles. The van der Waals surface area contributed by atoms with Crippen LogP contribution >= 0.6 is 0 Å². The lowest BCUT2D eigenvalue weighted by Gasteiger charge is -2.10. The quantitative estimate of drug-likeness (QED) is 0.276. The van der Waals surface area contributed by atoms with E-state index in [2.05, 4.69) is 21.9 Å². The Labute approximate surface area is 221 Å². The Balaban J connectivity index is 1.65. The van der Waals surface area contributed by atoms with E-state index in [1.807, 2.05) is 43.3 Å². The Morgan fingerprint density at radius 3 is 2.37 bits per heavy atom. The molecule has 9 nitrogen and oxygen atoms in total. The molecule has 0 spiro atoms. The normalized spacial score (nSPS) is 11.8. The van der Waals surface area contributed by atoms with Gasteiger partial charge in [0, 0.05) is 36.6 Å². The number of carbonyl (C=O) groups is 1. The van der Waals surface area contributed by atoms with E-state index in [9.17, 15) is 14.4 Å². The number of carbonyl (C=O) groups excluding carboxylic acids is 1. The molecule has 0 aliphatic heterocycles. The van der Waals surface area contributed by atoms with Crippen LogP contribution in [0.2, 0.25) is 0 Å². The smallest absolute Gasteiger partial charge is 0.332 e. The average molecular weight is 515 g/mol. The van der Waals surface area contributed by atoms with E-state index in [-0.39, 0.29) is 11.2 Å². The van der Waals surface area contributed by atoms with Crippen molar-refractivity contribution in [3.8, 4) is 11.4 Å². The highest BCUT2D eigenvalue weighted by atomic mass is 16.2. The first kappa shape index (κ1) is 26.8. The molecular formula is C29H34N6O3. The van der Waals surface area contributed by atoms with Crippen molar-refractivity contribution in [2.24, 2.45) is 5.73 Å². The zero-order valence-corrected chi connectivity index (χ0v) is 21.9. The van der Waals surface area contributed by atoms with Gasteiger partial charge in [-0.2, -0.15) is 0 Å². The fourth-order valence-electron chi connectivity index (χ4n) is 4.36. The maximum absolute atomic E-state index is 13.2. The number of nitrogens with two attached hydrogens (primary N) is 1. The summed E-state index contributed by atoms with van der Waals surface area (Å²) in [5.74, 6) is 0.0527. The van der Waals surface area contributed by atoms with Gasteiger partial charge in [-0.25, -0.2) is 9.78 Å². The van der Waals surface area contributed by atoms with Gasteiger partial charge in [-0.3, -0.25) is 23.7 Å². The number of aromatic amines is 1. The van der Waals surface area contributed by atoms with Crippen molar-refractivity contribution >= 4 is 23.1 Å². The Hall–Kier alpha value is -4.27. The molecule has 1 amide bonds. The molecule has 9 heteroatoms. The number of unbranched alkanes of at least 4 members (excludes halogenated alkanes) is 2. The maximum Gasteiger partial charge on any atom is 0.332 e. The molecule has 0 aliphatic rings. The molecule has 3 aromatic heterocycles. The third kappa shape index (κ3) is 5.99. The van der Waals surface area contributed by atoms with Gasteiger partial charge < -0.3 is 10.7 Å². The number of imidazole rings is 1. The van der Waals surface area contributed by atoms with Crippen LogP contribution in [-0.4, -0.2) is 30.0 Å². The number of nitrogens with zero attached hydrogens (tertiary/aromatic N) is 4. The molecule has 0 bridgehead atoms. The molecule has 0 unspecified atom stereocenters. The van der Waals surface area contributed by atoms with E-state index in [4.69, 9.17) is 5.73 Å². The van der Waals surface area contributed by atoms with E-state index in [0.717, 1.165) is 42.4 Å². The summed E-state index contributed by atoms with van der Waals surface area (Å²) in [5, 5.41) is 0. The minimum absolute atomic E-state index is 0.312. The van der Waals surface area contributed by atoms with Gasteiger partial charge >= 0.3 is 5.69 Å². The molecule has 4 aromatic rings. The molecular weight excluding hydrogens is 480 g/mol. The third-order valence-electron chi connectivity index (χ3n) is 6.58. The van der Waals surface area contributed by atoms with Crippen molar-refractivity contribution in [2.75, 3.05) is 0 Å². The van der Waals surface area contributed by atoms with Crippen LogP contribution in [0.4, 0.5) is 0 Å². The van der Waals surface area contributed by atoms with Crippen molar-refractivity contribution in [1.82, 2.24) is 24.1 Å². The number of aromatic nitrogens is 5. The van der Waals surface area contributed by atoms with Crippen LogP contribution < -0.4 is 17.0 Å². The first-order valence-electron chi connectivity index (χ1n) is 13.2. The van der Waals surface area contributed by atoms with Gasteiger partial charge in [0.1, 0.15) is 11.3 Å². The van der Waals surface area contributed by atoms with Crippen LogP contribution in [0.25, 0.3) is 28.6 Å². The van der Waals surface area contributed by atoms with E-state index in [1.165, 1.54) is 4.57 Å². The second-order valence-electron chi connectivity index (χ2n) is 9.40. The molecule has 38 heavy (non-hydrogen) atoms. The lowest BCUT2D eigenvalue weighted by atomic mass is 10.0. The molecule has 0 atom stereocenters. The van der Waals surface area contributed by atoms with Crippen LogP contribution in [0, 0.1) is 0 Å². The number of amides is 1. The third-order valence-corrected chi connectivity index (χ3v) is 6.58. The SMILES string of the molecule is CCCCn1c(=O)c2[nH]c(-c3ccc(/C=C(\CCc4cccnc4)C(N)=O)cc3)nc2n(CCCC)c1=O. The van der Waals surface area contributed by atoms with E-state index in [1.54, 1.807) is 23.0 Å². The summed E-state index contributed by atoms with van der Waals surface area (Å²) in [4.78, 5) is 50.2. The summed E-state index contributed by atoms with van der Waals surface area (Å²) < 4.78 is 2.92. The summed E-state index contributed by atoms with van der Waals surface area (Å²) in [5.41, 5.74) is 8.85. The number of pyridine rings is 1. The Morgan fingerprint density at radius 1 is 1.03 bits per heavy atom. The zero-order chi connectivity index (χ0) is 27.1.